The number of alkyl halides is 3. The van der Waals surface area contributed by atoms with Crippen LogP contribution in [0.3, 0.4) is 0 Å². The fourth-order valence-electron chi connectivity index (χ4n) is 2.13. The molecule has 2 aromatic rings. The highest BCUT2D eigenvalue weighted by Crippen LogP contribution is 2.58. The number of rotatable bonds is 2. The third kappa shape index (κ3) is 1.91. The molecule has 0 amide bonds. The highest BCUT2D eigenvalue weighted by atomic mass is 19.4. The number of aryl methyl sites for hydroxylation is 1. The standard InChI is InChI=1S/C13H12F3N3/c1-9-2-3-10(8-17-9)19-7-4-11(18-19)12(5-6-12)13(14,15)16/h2-4,7-8H,5-6H2,1H3. The molecule has 2 heterocycles. The largest absolute Gasteiger partial charge is 0.400 e. The van der Waals surface area contributed by atoms with Gasteiger partial charge in [-0.2, -0.15) is 18.3 Å². The van der Waals surface area contributed by atoms with Gasteiger partial charge in [-0.1, -0.05) is 0 Å². The number of nitrogens with zero attached hydrogens (tertiary/aromatic N) is 3. The Balaban J connectivity index is 1.94. The predicted octanol–water partition coefficient (Wildman–Crippen LogP) is 3.17. The maximum absolute atomic E-state index is 13.0. The summed E-state index contributed by atoms with van der Waals surface area (Å²) in [6.07, 6.45) is -0.830. The van der Waals surface area contributed by atoms with Crippen molar-refractivity contribution < 1.29 is 13.2 Å². The van der Waals surface area contributed by atoms with Crippen molar-refractivity contribution in [2.24, 2.45) is 0 Å². The van der Waals surface area contributed by atoms with Gasteiger partial charge in [-0.25, -0.2) is 4.68 Å². The zero-order valence-electron chi connectivity index (χ0n) is 10.3. The summed E-state index contributed by atoms with van der Waals surface area (Å²) >= 11 is 0. The second-order valence-electron chi connectivity index (χ2n) is 4.88. The first-order chi connectivity index (χ1) is 8.92. The predicted molar refractivity (Wildman–Crippen MR) is 63.1 cm³/mol. The maximum Gasteiger partial charge on any atom is 0.400 e. The van der Waals surface area contributed by atoms with E-state index >= 15 is 0 Å². The molecule has 0 atom stereocenters. The Bertz CT molecular complexity index is 594. The van der Waals surface area contributed by atoms with E-state index in [0.717, 1.165) is 5.69 Å². The summed E-state index contributed by atoms with van der Waals surface area (Å²) in [6.45, 7) is 1.85. The Labute approximate surface area is 108 Å². The molecule has 0 aromatic carbocycles. The van der Waals surface area contributed by atoms with Crippen LogP contribution in [-0.2, 0) is 5.41 Å². The van der Waals surface area contributed by atoms with E-state index in [4.69, 9.17) is 0 Å². The van der Waals surface area contributed by atoms with Crippen molar-refractivity contribution in [3.05, 3.63) is 42.0 Å². The van der Waals surface area contributed by atoms with E-state index in [-0.39, 0.29) is 18.5 Å². The zero-order valence-corrected chi connectivity index (χ0v) is 10.3. The summed E-state index contributed by atoms with van der Waals surface area (Å²) in [6, 6.07) is 5.03. The average molecular weight is 267 g/mol. The van der Waals surface area contributed by atoms with Gasteiger partial charge in [0, 0.05) is 11.9 Å². The van der Waals surface area contributed by atoms with Crippen LogP contribution in [0.1, 0.15) is 24.2 Å². The zero-order chi connectivity index (χ0) is 13.7. The van der Waals surface area contributed by atoms with E-state index < -0.39 is 11.6 Å². The Morgan fingerprint density at radius 3 is 2.47 bits per heavy atom. The molecule has 0 radical (unpaired) electrons. The second-order valence-corrected chi connectivity index (χ2v) is 4.88. The Kier molecular flexibility index (Phi) is 2.45. The Hall–Kier alpha value is -1.85. The van der Waals surface area contributed by atoms with Gasteiger partial charge in [0.05, 0.1) is 17.6 Å². The molecule has 0 bridgehead atoms. The Morgan fingerprint density at radius 2 is 1.95 bits per heavy atom. The Morgan fingerprint density at radius 1 is 1.21 bits per heavy atom. The molecule has 1 saturated carbocycles. The highest BCUT2D eigenvalue weighted by molar-refractivity contribution is 5.32. The topological polar surface area (TPSA) is 30.7 Å². The summed E-state index contributed by atoms with van der Waals surface area (Å²) in [5.74, 6) is 0. The fraction of sp³-hybridized carbons (Fsp3) is 0.385. The molecule has 0 saturated heterocycles. The summed E-state index contributed by atoms with van der Waals surface area (Å²) in [5.41, 5.74) is -0.114. The van der Waals surface area contributed by atoms with Crippen LogP contribution in [0.4, 0.5) is 13.2 Å². The van der Waals surface area contributed by atoms with Crippen LogP contribution in [0, 0.1) is 6.92 Å². The molecule has 3 nitrogen and oxygen atoms in total. The molecule has 6 heteroatoms. The molecule has 0 spiro atoms. The second kappa shape index (κ2) is 3.82. The highest BCUT2D eigenvalue weighted by Gasteiger charge is 2.65. The molecule has 100 valence electrons. The minimum absolute atomic E-state index is 0.0978. The minimum atomic E-state index is -4.22. The van der Waals surface area contributed by atoms with Crippen molar-refractivity contribution in [1.82, 2.24) is 14.8 Å². The van der Waals surface area contributed by atoms with Crippen LogP contribution < -0.4 is 0 Å². The van der Waals surface area contributed by atoms with Gasteiger partial charge in [0.1, 0.15) is 5.41 Å². The summed E-state index contributed by atoms with van der Waals surface area (Å²) in [4.78, 5) is 4.11. The van der Waals surface area contributed by atoms with Crippen LogP contribution >= 0.6 is 0 Å². The molecule has 0 aliphatic heterocycles. The maximum atomic E-state index is 13.0. The summed E-state index contributed by atoms with van der Waals surface area (Å²) in [5, 5.41) is 4.07. The number of hydrogen-bond donors (Lipinski definition) is 0. The quantitative estimate of drug-likeness (QED) is 0.836. The average Bonchev–Trinajstić information content (AvgIpc) is 3.03. The SMILES string of the molecule is Cc1ccc(-n2ccc(C3(C(F)(F)F)CC3)n2)cn1. The number of halogens is 3. The van der Waals surface area contributed by atoms with E-state index in [9.17, 15) is 13.2 Å². The van der Waals surface area contributed by atoms with Crippen molar-refractivity contribution >= 4 is 0 Å². The molecule has 0 unspecified atom stereocenters. The normalized spacial score (nSPS) is 17.5. The lowest BCUT2D eigenvalue weighted by atomic mass is 10.0. The molecule has 1 aliphatic rings. The van der Waals surface area contributed by atoms with Crippen molar-refractivity contribution in [2.45, 2.75) is 31.4 Å². The minimum Gasteiger partial charge on any atom is -0.259 e. The lowest BCUT2D eigenvalue weighted by molar-refractivity contribution is -0.161. The molecule has 2 aromatic heterocycles. The molecule has 19 heavy (non-hydrogen) atoms. The summed E-state index contributed by atoms with van der Waals surface area (Å²) in [7, 11) is 0. The lowest BCUT2D eigenvalue weighted by Gasteiger charge is -2.16. The first kappa shape index (κ1) is 12.2. The van der Waals surface area contributed by atoms with Crippen LogP contribution in [0.15, 0.2) is 30.6 Å². The van der Waals surface area contributed by atoms with Gasteiger partial charge in [0.2, 0.25) is 0 Å². The molecule has 3 rings (SSSR count). The third-order valence-corrected chi connectivity index (χ3v) is 3.53. The van der Waals surface area contributed by atoms with E-state index in [0.29, 0.717) is 5.69 Å². The van der Waals surface area contributed by atoms with Gasteiger partial charge in [-0.3, -0.25) is 4.98 Å². The first-order valence-electron chi connectivity index (χ1n) is 5.98. The van der Waals surface area contributed by atoms with Gasteiger partial charge >= 0.3 is 6.18 Å². The van der Waals surface area contributed by atoms with E-state index in [1.807, 2.05) is 6.92 Å². The van der Waals surface area contributed by atoms with Gasteiger partial charge in [-0.05, 0) is 38.0 Å². The van der Waals surface area contributed by atoms with Crippen molar-refractivity contribution in [3.63, 3.8) is 0 Å². The van der Waals surface area contributed by atoms with Crippen molar-refractivity contribution in [2.75, 3.05) is 0 Å². The van der Waals surface area contributed by atoms with Gasteiger partial charge < -0.3 is 0 Å². The van der Waals surface area contributed by atoms with Crippen LogP contribution in [0.5, 0.6) is 0 Å². The first-order valence-corrected chi connectivity index (χ1v) is 5.98. The van der Waals surface area contributed by atoms with Crippen molar-refractivity contribution in [1.29, 1.82) is 0 Å². The fourth-order valence-corrected chi connectivity index (χ4v) is 2.13. The number of aromatic nitrogens is 3. The van der Waals surface area contributed by atoms with Crippen LogP contribution in [-0.4, -0.2) is 20.9 Å². The monoisotopic (exact) mass is 267 g/mol. The van der Waals surface area contributed by atoms with Crippen LogP contribution in [0.25, 0.3) is 5.69 Å². The van der Waals surface area contributed by atoms with Crippen molar-refractivity contribution in [3.8, 4) is 5.69 Å². The third-order valence-electron chi connectivity index (χ3n) is 3.53. The molecular formula is C13H12F3N3. The lowest BCUT2D eigenvalue weighted by Crippen LogP contribution is -2.29. The molecule has 1 aliphatic carbocycles. The number of pyridine rings is 1. The van der Waals surface area contributed by atoms with E-state index in [2.05, 4.69) is 10.1 Å². The number of hydrogen-bond acceptors (Lipinski definition) is 2. The van der Waals surface area contributed by atoms with Gasteiger partial charge in [-0.15, -0.1) is 0 Å². The van der Waals surface area contributed by atoms with Gasteiger partial charge in [0.25, 0.3) is 0 Å². The molecule has 1 fully saturated rings. The van der Waals surface area contributed by atoms with E-state index in [1.54, 1.807) is 24.5 Å². The van der Waals surface area contributed by atoms with Crippen LogP contribution in [0.2, 0.25) is 0 Å². The van der Waals surface area contributed by atoms with Gasteiger partial charge in [0.15, 0.2) is 0 Å². The summed E-state index contributed by atoms with van der Waals surface area (Å²) < 4.78 is 40.4. The van der Waals surface area contributed by atoms with E-state index in [1.165, 1.54) is 10.7 Å². The molecular weight excluding hydrogens is 255 g/mol. The smallest absolute Gasteiger partial charge is 0.259 e. The molecule has 0 N–H and O–H groups in total.